The van der Waals surface area contributed by atoms with Crippen molar-refractivity contribution in [2.24, 2.45) is 0 Å². The van der Waals surface area contributed by atoms with Crippen LogP contribution in [0.4, 0.5) is 0 Å². The summed E-state index contributed by atoms with van der Waals surface area (Å²) >= 11 is 3.36. The van der Waals surface area contributed by atoms with Crippen LogP contribution in [-0.4, -0.2) is 41.4 Å². The van der Waals surface area contributed by atoms with E-state index >= 15 is 0 Å². The van der Waals surface area contributed by atoms with Crippen molar-refractivity contribution < 1.29 is 9.53 Å². The Morgan fingerprint density at radius 3 is 2.36 bits per heavy atom. The maximum absolute atomic E-state index is 11.8. The summed E-state index contributed by atoms with van der Waals surface area (Å²) in [6.45, 7) is 10.3. The third-order valence-electron chi connectivity index (χ3n) is 1.89. The second-order valence-corrected chi connectivity index (χ2v) is 5.54. The molecule has 0 bridgehead atoms. The van der Waals surface area contributed by atoms with Gasteiger partial charge in [-0.2, -0.15) is 0 Å². The van der Waals surface area contributed by atoms with E-state index in [1.54, 1.807) is 4.90 Å². The zero-order valence-corrected chi connectivity index (χ0v) is 11.1. The van der Waals surface area contributed by atoms with Gasteiger partial charge < -0.3 is 9.64 Å². The molecular formula is C10H20BrNO2. The molecule has 14 heavy (non-hydrogen) atoms. The fraction of sp³-hybridized carbons (Fsp3) is 0.900. The SMILES string of the molecule is CCOCCN(CC)C(=O)C(C)(C)Br. The average molecular weight is 266 g/mol. The van der Waals surface area contributed by atoms with Crippen molar-refractivity contribution in [3.05, 3.63) is 0 Å². The molecule has 0 spiro atoms. The lowest BCUT2D eigenvalue weighted by Crippen LogP contribution is -2.43. The van der Waals surface area contributed by atoms with Crippen molar-refractivity contribution in [3.8, 4) is 0 Å². The van der Waals surface area contributed by atoms with Gasteiger partial charge >= 0.3 is 0 Å². The average Bonchev–Trinajstić information content (AvgIpc) is 2.10. The number of ether oxygens (including phenoxy) is 1. The molecule has 0 aliphatic heterocycles. The molecule has 0 radical (unpaired) electrons. The molecule has 1 amide bonds. The summed E-state index contributed by atoms with van der Waals surface area (Å²) in [5, 5.41) is 0. The lowest BCUT2D eigenvalue weighted by molar-refractivity contribution is -0.133. The molecule has 0 heterocycles. The van der Waals surface area contributed by atoms with E-state index in [0.717, 1.165) is 6.54 Å². The minimum Gasteiger partial charge on any atom is -0.380 e. The second-order valence-electron chi connectivity index (χ2n) is 3.55. The number of nitrogens with zero attached hydrogens (tertiary/aromatic N) is 1. The van der Waals surface area contributed by atoms with E-state index in [4.69, 9.17) is 4.74 Å². The van der Waals surface area contributed by atoms with Crippen molar-refractivity contribution in [3.63, 3.8) is 0 Å². The van der Waals surface area contributed by atoms with E-state index in [9.17, 15) is 4.79 Å². The van der Waals surface area contributed by atoms with Gasteiger partial charge in [0.1, 0.15) is 0 Å². The molecule has 0 aromatic heterocycles. The molecule has 0 saturated heterocycles. The molecular weight excluding hydrogens is 246 g/mol. The zero-order chi connectivity index (χ0) is 11.2. The van der Waals surface area contributed by atoms with Crippen LogP contribution in [0.15, 0.2) is 0 Å². The van der Waals surface area contributed by atoms with Crippen molar-refractivity contribution >= 4 is 21.8 Å². The van der Waals surface area contributed by atoms with Crippen molar-refractivity contribution in [1.29, 1.82) is 0 Å². The lowest BCUT2D eigenvalue weighted by Gasteiger charge is -2.27. The Morgan fingerprint density at radius 1 is 1.43 bits per heavy atom. The number of likely N-dealkylation sites (N-methyl/N-ethyl adjacent to an activating group) is 1. The minimum absolute atomic E-state index is 0.111. The zero-order valence-electron chi connectivity index (χ0n) is 9.47. The van der Waals surface area contributed by atoms with Crippen molar-refractivity contribution in [2.45, 2.75) is 32.0 Å². The van der Waals surface area contributed by atoms with Crippen LogP contribution in [0.3, 0.4) is 0 Å². The summed E-state index contributed by atoms with van der Waals surface area (Å²) in [4.78, 5) is 13.6. The Bertz CT molecular complexity index is 177. The highest BCUT2D eigenvalue weighted by Crippen LogP contribution is 2.18. The van der Waals surface area contributed by atoms with Crippen LogP contribution < -0.4 is 0 Å². The highest BCUT2D eigenvalue weighted by atomic mass is 79.9. The van der Waals surface area contributed by atoms with Crippen LogP contribution in [0.25, 0.3) is 0 Å². The first-order valence-electron chi connectivity index (χ1n) is 4.99. The van der Waals surface area contributed by atoms with Crippen LogP contribution >= 0.6 is 15.9 Å². The highest BCUT2D eigenvalue weighted by molar-refractivity contribution is 9.10. The number of carbonyl (C=O) groups is 1. The Labute approximate surface area is 94.9 Å². The molecule has 0 aromatic rings. The number of carbonyl (C=O) groups excluding carboxylic acids is 1. The van der Waals surface area contributed by atoms with Crippen LogP contribution in [0.1, 0.15) is 27.7 Å². The van der Waals surface area contributed by atoms with E-state index < -0.39 is 4.32 Å². The number of hydrogen-bond acceptors (Lipinski definition) is 2. The maximum Gasteiger partial charge on any atom is 0.238 e. The molecule has 0 rings (SSSR count). The first-order valence-corrected chi connectivity index (χ1v) is 5.78. The summed E-state index contributed by atoms with van der Waals surface area (Å²) in [7, 11) is 0. The molecule has 0 atom stereocenters. The van der Waals surface area contributed by atoms with Gasteiger partial charge in [-0.1, -0.05) is 15.9 Å². The largest absolute Gasteiger partial charge is 0.380 e. The molecule has 0 saturated carbocycles. The Balaban J connectivity index is 4.07. The van der Waals surface area contributed by atoms with Gasteiger partial charge in [0, 0.05) is 19.7 Å². The van der Waals surface area contributed by atoms with Crippen LogP contribution in [-0.2, 0) is 9.53 Å². The predicted molar refractivity (Wildman–Crippen MR) is 61.8 cm³/mol. The second kappa shape index (κ2) is 6.40. The van der Waals surface area contributed by atoms with Gasteiger partial charge in [0.2, 0.25) is 5.91 Å². The highest BCUT2D eigenvalue weighted by Gasteiger charge is 2.27. The van der Waals surface area contributed by atoms with Crippen molar-refractivity contribution in [1.82, 2.24) is 4.90 Å². The Hall–Kier alpha value is -0.0900. The normalized spacial score (nSPS) is 11.5. The lowest BCUT2D eigenvalue weighted by atomic mass is 10.2. The van der Waals surface area contributed by atoms with Crippen LogP contribution in [0.5, 0.6) is 0 Å². The molecule has 4 heteroatoms. The molecule has 3 nitrogen and oxygen atoms in total. The minimum atomic E-state index is -0.477. The smallest absolute Gasteiger partial charge is 0.238 e. The summed E-state index contributed by atoms with van der Waals surface area (Å²) in [5.74, 6) is 0.111. The first-order chi connectivity index (χ1) is 6.43. The van der Waals surface area contributed by atoms with Crippen LogP contribution in [0, 0.1) is 0 Å². The van der Waals surface area contributed by atoms with Gasteiger partial charge in [0.05, 0.1) is 10.9 Å². The number of hydrogen-bond donors (Lipinski definition) is 0. The van der Waals surface area contributed by atoms with E-state index in [0.29, 0.717) is 19.8 Å². The van der Waals surface area contributed by atoms with Gasteiger partial charge in [0.15, 0.2) is 0 Å². The third kappa shape index (κ3) is 4.96. The number of rotatable bonds is 6. The van der Waals surface area contributed by atoms with Gasteiger partial charge in [0.25, 0.3) is 0 Å². The topological polar surface area (TPSA) is 29.5 Å². The third-order valence-corrected chi connectivity index (χ3v) is 2.23. The molecule has 0 fully saturated rings. The molecule has 0 aliphatic rings. The molecule has 84 valence electrons. The predicted octanol–water partition coefficient (Wildman–Crippen LogP) is 2.04. The molecule has 0 unspecified atom stereocenters. The molecule has 0 N–H and O–H groups in total. The number of halogens is 1. The molecule has 0 aromatic carbocycles. The van der Waals surface area contributed by atoms with E-state index in [1.807, 2.05) is 27.7 Å². The Kier molecular flexibility index (Phi) is 6.36. The summed E-state index contributed by atoms with van der Waals surface area (Å²) in [6.07, 6.45) is 0. The van der Waals surface area contributed by atoms with E-state index in [1.165, 1.54) is 0 Å². The quantitative estimate of drug-likeness (QED) is 0.544. The Morgan fingerprint density at radius 2 is 2.00 bits per heavy atom. The number of alkyl halides is 1. The fourth-order valence-corrected chi connectivity index (χ4v) is 1.35. The first kappa shape index (κ1) is 13.9. The van der Waals surface area contributed by atoms with Gasteiger partial charge in [-0.25, -0.2) is 0 Å². The summed E-state index contributed by atoms with van der Waals surface area (Å²) in [6, 6.07) is 0. The fourth-order valence-electron chi connectivity index (χ4n) is 1.10. The summed E-state index contributed by atoms with van der Waals surface area (Å²) in [5.41, 5.74) is 0. The van der Waals surface area contributed by atoms with Crippen LogP contribution in [0.2, 0.25) is 0 Å². The van der Waals surface area contributed by atoms with Gasteiger partial charge in [-0.15, -0.1) is 0 Å². The number of amides is 1. The van der Waals surface area contributed by atoms with E-state index in [2.05, 4.69) is 15.9 Å². The standard InChI is InChI=1S/C10H20BrNO2/c1-5-12(7-8-14-6-2)9(13)10(3,4)11/h5-8H2,1-4H3. The molecule has 0 aliphatic carbocycles. The van der Waals surface area contributed by atoms with Gasteiger partial charge in [-0.3, -0.25) is 4.79 Å². The van der Waals surface area contributed by atoms with E-state index in [-0.39, 0.29) is 5.91 Å². The van der Waals surface area contributed by atoms with Crippen molar-refractivity contribution in [2.75, 3.05) is 26.3 Å². The van der Waals surface area contributed by atoms with Gasteiger partial charge in [-0.05, 0) is 27.7 Å². The summed E-state index contributed by atoms with van der Waals surface area (Å²) < 4.78 is 4.74. The monoisotopic (exact) mass is 265 g/mol. The maximum atomic E-state index is 11.8.